The van der Waals surface area contributed by atoms with Crippen molar-refractivity contribution in [1.82, 2.24) is 10.3 Å². The average molecular weight is 416 g/mol. The summed E-state index contributed by atoms with van der Waals surface area (Å²) in [5, 5.41) is 3.40. The summed E-state index contributed by atoms with van der Waals surface area (Å²) < 4.78 is 49.7. The van der Waals surface area contributed by atoms with E-state index in [0.29, 0.717) is 23.6 Å². The summed E-state index contributed by atoms with van der Waals surface area (Å²) >= 11 is 0. The van der Waals surface area contributed by atoms with Gasteiger partial charge in [0.15, 0.2) is 11.5 Å². The summed E-state index contributed by atoms with van der Waals surface area (Å²) in [6, 6.07) is 16.4. The fourth-order valence-corrected chi connectivity index (χ4v) is 2.95. The molecule has 0 saturated carbocycles. The zero-order valence-electron chi connectivity index (χ0n) is 16.7. The monoisotopic (exact) mass is 416 g/mol. The van der Waals surface area contributed by atoms with Crippen LogP contribution >= 0.6 is 0 Å². The Morgan fingerprint density at radius 3 is 2.50 bits per heavy atom. The van der Waals surface area contributed by atoms with Gasteiger partial charge in [0, 0.05) is 18.8 Å². The average Bonchev–Trinajstić information content (AvgIpc) is 2.76. The normalized spacial score (nSPS) is 12.4. The van der Waals surface area contributed by atoms with Crippen LogP contribution in [0.15, 0.2) is 66.9 Å². The molecule has 158 valence electrons. The van der Waals surface area contributed by atoms with Crippen molar-refractivity contribution in [2.24, 2.45) is 0 Å². The van der Waals surface area contributed by atoms with Gasteiger partial charge in [0.25, 0.3) is 0 Å². The summed E-state index contributed by atoms with van der Waals surface area (Å²) in [6.07, 6.45) is -2.62. The van der Waals surface area contributed by atoms with Crippen LogP contribution in [0, 0.1) is 0 Å². The zero-order chi connectivity index (χ0) is 21.6. The third-order valence-electron chi connectivity index (χ3n) is 4.62. The van der Waals surface area contributed by atoms with Gasteiger partial charge in [-0.3, -0.25) is 4.98 Å². The number of alkyl halides is 3. The fraction of sp³-hybridized carbons (Fsp3) is 0.261. The van der Waals surface area contributed by atoms with Crippen molar-refractivity contribution in [3.63, 3.8) is 0 Å². The number of pyridine rings is 1. The van der Waals surface area contributed by atoms with Crippen molar-refractivity contribution in [1.29, 1.82) is 0 Å². The molecule has 1 heterocycles. The fourth-order valence-electron chi connectivity index (χ4n) is 2.95. The highest BCUT2D eigenvalue weighted by atomic mass is 19.4. The maximum Gasteiger partial charge on any atom is 0.416 e. The number of hydrogen-bond acceptors (Lipinski definition) is 4. The van der Waals surface area contributed by atoms with Gasteiger partial charge in [-0.05, 0) is 54.4 Å². The van der Waals surface area contributed by atoms with Gasteiger partial charge in [-0.25, -0.2) is 0 Å². The molecular weight excluding hydrogens is 393 g/mol. The van der Waals surface area contributed by atoms with Crippen LogP contribution in [0.25, 0.3) is 0 Å². The van der Waals surface area contributed by atoms with Crippen LogP contribution in [0.4, 0.5) is 13.2 Å². The SMILES string of the molecule is COc1cc(CN[C@@H](C)c2ccccn2)ccc1OCc1cccc(C(F)(F)F)c1. The van der Waals surface area contributed by atoms with Gasteiger partial charge < -0.3 is 14.8 Å². The van der Waals surface area contributed by atoms with E-state index >= 15 is 0 Å². The number of benzene rings is 2. The Bertz CT molecular complexity index is 962. The second-order valence-corrected chi connectivity index (χ2v) is 6.83. The van der Waals surface area contributed by atoms with E-state index in [1.165, 1.54) is 13.2 Å². The number of rotatable bonds is 8. The maximum absolute atomic E-state index is 12.9. The Balaban J connectivity index is 1.63. The van der Waals surface area contributed by atoms with E-state index in [9.17, 15) is 13.2 Å². The highest BCUT2D eigenvalue weighted by Gasteiger charge is 2.30. The smallest absolute Gasteiger partial charge is 0.416 e. The number of nitrogens with zero attached hydrogens (tertiary/aromatic N) is 1. The van der Waals surface area contributed by atoms with E-state index in [1.807, 2.05) is 37.3 Å². The Kier molecular flexibility index (Phi) is 6.95. The number of nitrogens with one attached hydrogen (secondary N) is 1. The Labute approximate surface area is 173 Å². The molecule has 0 radical (unpaired) electrons. The molecule has 4 nitrogen and oxygen atoms in total. The first-order valence-corrected chi connectivity index (χ1v) is 9.47. The molecule has 1 aromatic heterocycles. The summed E-state index contributed by atoms with van der Waals surface area (Å²) in [5.41, 5.74) is 1.67. The van der Waals surface area contributed by atoms with E-state index in [-0.39, 0.29) is 12.6 Å². The molecule has 0 fully saturated rings. The summed E-state index contributed by atoms with van der Waals surface area (Å²) in [4.78, 5) is 4.34. The third kappa shape index (κ3) is 5.73. The first kappa shape index (κ1) is 21.6. The molecule has 0 bridgehead atoms. The molecule has 0 aliphatic heterocycles. The van der Waals surface area contributed by atoms with Crippen LogP contribution in [0.5, 0.6) is 11.5 Å². The lowest BCUT2D eigenvalue weighted by atomic mass is 10.1. The molecule has 3 aromatic rings. The number of methoxy groups -OCH3 is 1. The minimum Gasteiger partial charge on any atom is -0.493 e. The second-order valence-electron chi connectivity index (χ2n) is 6.83. The molecule has 1 N–H and O–H groups in total. The van der Waals surface area contributed by atoms with Crippen LogP contribution in [0.2, 0.25) is 0 Å². The number of ether oxygens (including phenoxy) is 2. The van der Waals surface area contributed by atoms with Crippen LogP contribution in [-0.4, -0.2) is 12.1 Å². The molecule has 30 heavy (non-hydrogen) atoms. The van der Waals surface area contributed by atoms with Gasteiger partial charge in [-0.2, -0.15) is 13.2 Å². The molecule has 0 aliphatic rings. The van der Waals surface area contributed by atoms with Gasteiger partial charge in [-0.15, -0.1) is 0 Å². The summed E-state index contributed by atoms with van der Waals surface area (Å²) in [6.45, 7) is 2.64. The minimum absolute atomic E-state index is 0.00852. The van der Waals surface area contributed by atoms with E-state index in [2.05, 4.69) is 10.3 Å². The van der Waals surface area contributed by atoms with Gasteiger partial charge in [0.1, 0.15) is 6.61 Å². The Morgan fingerprint density at radius 2 is 1.80 bits per heavy atom. The molecule has 0 aliphatic carbocycles. The molecule has 0 saturated heterocycles. The topological polar surface area (TPSA) is 43.4 Å². The quantitative estimate of drug-likeness (QED) is 0.524. The lowest BCUT2D eigenvalue weighted by molar-refractivity contribution is -0.137. The Morgan fingerprint density at radius 1 is 0.967 bits per heavy atom. The predicted octanol–water partition coefficient (Wildman–Crippen LogP) is 5.54. The van der Waals surface area contributed by atoms with Crippen molar-refractivity contribution in [2.45, 2.75) is 32.3 Å². The standard InChI is InChI=1S/C23H23F3N2O2/c1-16(20-8-3-4-11-27-20)28-14-17-9-10-21(22(13-17)29-2)30-15-18-6-5-7-19(12-18)23(24,25)26/h3-13,16,28H,14-15H2,1-2H3/t16-/m0/s1. The van der Waals surface area contributed by atoms with Gasteiger partial charge in [0.05, 0.1) is 18.4 Å². The molecule has 3 rings (SSSR count). The van der Waals surface area contributed by atoms with Crippen LogP contribution in [0.3, 0.4) is 0 Å². The number of aromatic nitrogens is 1. The largest absolute Gasteiger partial charge is 0.493 e. The summed E-state index contributed by atoms with van der Waals surface area (Å²) in [7, 11) is 1.53. The lowest BCUT2D eigenvalue weighted by Crippen LogP contribution is -2.19. The molecule has 2 aromatic carbocycles. The van der Waals surface area contributed by atoms with Gasteiger partial charge in [0.2, 0.25) is 0 Å². The van der Waals surface area contributed by atoms with Crippen LogP contribution in [0.1, 0.15) is 35.3 Å². The van der Waals surface area contributed by atoms with Gasteiger partial charge >= 0.3 is 6.18 Å². The van der Waals surface area contributed by atoms with Crippen molar-refractivity contribution < 1.29 is 22.6 Å². The molecule has 1 atom stereocenters. The first-order valence-electron chi connectivity index (χ1n) is 9.47. The zero-order valence-corrected chi connectivity index (χ0v) is 16.7. The number of halogens is 3. The van der Waals surface area contributed by atoms with Crippen molar-refractivity contribution >= 4 is 0 Å². The minimum atomic E-state index is -4.38. The van der Waals surface area contributed by atoms with Crippen molar-refractivity contribution in [3.8, 4) is 11.5 Å². The van der Waals surface area contributed by atoms with Crippen molar-refractivity contribution in [2.75, 3.05) is 7.11 Å². The van der Waals surface area contributed by atoms with E-state index in [1.54, 1.807) is 18.3 Å². The van der Waals surface area contributed by atoms with Crippen molar-refractivity contribution in [3.05, 3.63) is 89.2 Å². The second kappa shape index (κ2) is 9.63. The third-order valence-corrected chi connectivity index (χ3v) is 4.62. The summed E-state index contributed by atoms with van der Waals surface area (Å²) in [5.74, 6) is 0.989. The molecule has 0 unspecified atom stereocenters. The maximum atomic E-state index is 12.9. The molecule has 0 spiro atoms. The van der Waals surface area contributed by atoms with E-state index in [4.69, 9.17) is 9.47 Å². The number of hydrogen-bond donors (Lipinski definition) is 1. The first-order chi connectivity index (χ1) is 14.4. The van der Waals surface area contributed by atoms with E-state index in [0.717, 1.165) is 23.4 Å². The molecule has 7 heteroatoms. The van der Waals surface area contributed by atoms with Gasteiger partial charge in [-0.1, -0.05) is 24.3 Å². The van der Waals surface area contributed by atoms with Crippen LogP contribution in [-0.2, 0) is 19.3 Å². The highest BCUT2D eigenvalue weighted by molar-refractivity contribution is 5.43. The van der Waals surface area contributed by atoms with E-state index < -0.39 is 11.7 Å². The lowest BCUT2D eigenvalue weighted by Gasteiger charge is -2.15. The highest BCUT2D eigenvalue weighted by Crippen LogP contribution is 2.31. The predicted molar refractivity (Wildman–Crippen MR) is 108 cm³/mol. The Hall–Kier alpha value is -3.06. The van der Waals surface area contributed by atoms with Crippen LogP contribution < -0.4 is 14.8 Å². The molecular formula is C23H23F3N2O2. The molecule has 0 amide bonds.